The first-order valence-corrected chi connectivity index (χ1v) is 7.88. The van der Waals surface area contributed by atoms with E-state index in [1.54, 1.807) is 39.0 Å². The minimum atomic E-state index is -0.938. The third kappa shape index (κ3) is 7.58. The van der Waals surface area contributed by atoms with Crippen molar-refractivity contribution >= 4 is 35.3 Å². The number of halogens is 2. The van der Waals surface area contributed by atoms with Gasteiger partial charge in [0, 0.05) is 22.0 Å². The fourth-order valence-corrected chi connectivity index (χ4v) is 2.19. The summed E-state index contributed by atoms with van der Waals surface area (Å²) >= 11 is 11.8. The van der Waals surface area contributed by atoms with Crippen LogP contribution < -0.4 is 5.32 Å². The van der Waals surface area contributed by atoms with Gasteiger partial charge in [0.05, 0.1) is 7.11 Å². The molecule has 0 heterocycles. The highest BCUT2D eigenvalue weighted by Gasteiger charge is 2.24. The molecule has 0 spiro atoms. The first-order valence-electron chi connectivity index (χ1n) is 7.13. The number of benzene rings is 1. The summed E-state index contributed by atoms with van der Waals surface area (Å²) < 4.78 is 9.78. The molecule has 0 fully saturated rings. The fourth-order valence-electron chi connectivity index (χ4n) is 1.67. The highest BCUT2D eigenvalue weighted by molar-refractivity contribution is 6.34. The lowest BCUT2D eigenvalue weighted by Crippen LogP contribution is -2.43. The van der Waals surface area contributed by atoms with E-state index in [0.717, 1.165) is 0 Å². The zero-order chi connectivity index (χ0) is 18.3. The van der Waals surface area contributed by atoms with Gasteiger partial charge in [-0.05, 0) is 39.0 Å². The van der Waals surface area contributed by atoms with Gasteiger partial charge in [0.2, 0.25) is 0 Å². The largest absolute Gasteiger partial charge is 0.467 e. The molecule has 5 nitrogen and oxygen atoms in total. The number of methoxy groups -OCH3 is 1. The van der Waals surface area contributed by atoms with E-state index in [0.29, 0.717) is 15.6 Å². The second-order valence-electron chi connectivity index (χ2n) is 5.89. The molecular formula is C17H19Cl2NO4. The van der Waals surface area contributed by atoms with Gasteiger partial charge in [-0.3, -0.25) is 0 Å². The first kappa shape index (κ1) is 20.1. The van der Waals surface area contributed by atoms with E-state index in [9.17, 15) is 9.59 Å². The van der Waals surface area contributed by atoms with Crippen LogP contribution >= 0.6 is 23.2 Å². The van der Waals surface area contributed by atoms with Crippen molar-refractivity contribution < 1.29 is 19.1 Å². The Balaban J connectivity index is 2.79. The van der Waals surface area contributed by atoms with Crippen molar-refractivity contribution in [1.82, 2.24) is 5.32 Å². The number of hydrogen-bond acceptors (Lipinski definition) is 4. The SMILES string of the molecule is COC(=O)[C@H](CC#Cc1cc(Cl)cc(Cl)c1)NC(=O)OC(C)(C)C. The molecule has 0 saturated heterocycles. The van der Waals surface area contributed by atoms with Crippen LogP contribution in [0.5, 0.6) is 0 Å². The van der Waals surface area contributed by atoms with Gasteiger partial charge in [0.15, 0.2) is 0 Å². The Morgan fingerprint density at radius 1 is 1.21 bits per heavy atom. The first-order chi connectivity index (χ1) is 11.1. The van der Waals surface area contributed by atoms with Gasteiger partial charge >= 0.3 is 12.1 Å². The Kier molecular flexibility index (Phi) is 7.40. The van der Waals surface area contributed by atoms with Gasteiger partial charge in [-0.2, -0.15) is 0 Å². The molecule has 0 bridgehead atoms. The third-order valence-corrected chi connectivity index (χ3v) is 3.01. The quantitative estimate of drug-likeness (QED) is 0.648. The second-order valence-corrected chi connectivity index (χ2v) is 6.76. The van der Waals surface area contributed by atoms with Crippen LogP contribution in [0.15, 0.2) is 18.2 Å². The third-order valence-electron chi connectivity index (χ3n) is 2.58. The number of carbonyl (C=O) groups is 2. The molecule has 0 aromatic heterocycles. The molecule has 24 heavy (non-hydrogen) atoms. The normalized spacial score (nSPS) is 11.8. The lowest BCUT2D eigenvalue weighted by molar-refractivity contribution is -0.143. The summed E-state index contributed by atoms with van der Waals surface area (Å²) in [7, 11) is 1.23. The summed E-state index contributed by atoms with van der Waals surface area (Å²) in [6.07, 6.45) is -0.665. The van der Waals surface area contributed by atoms with E-state index in [-0.39, 0.29) is 6.42 Å². The Morgan fingerprint density at radius 2 is 1.79 bits per heavy atom. The summed E-state index contributed by atoms with van der Waals surface area (Å²) in [6, 6.07) is 3.95. The maximum Gasteiger partial charge on any atom is 0.408 e. The van der Waals surface area contributed by atoms with Crippen molar-refractivity contribution in [3.63, 3.8) is 0 Å². The number of alkyl carbamates (subject to hydrolysis) is 1. The summed E-state index contributed by atoms with van der Waals surface area (Å²) in [6.45, 7) is 5.17. The van der Waals surface area contributed by atoms with Crippen molar-refractivity contribution in [2.75, 3.05) is 7.11 Å². The number of ether oxygens (including phenoxy) is 2. The molecule has 1 amide bonds. The summed E-state index contributed by atoms with van der Waals surface area (Å²) in [4.78, 5) is 23.5. The highest BCUT2D eigenvalue weighted by Crippen LogP contribution is 2.18. The summed E-state index contributed by atoms with van der Waals surface area (Å²) in [5.74, 6) is 5.03. The molecule has 1 atom stereocenters. The minimum Gasteiger partial charge on any atom is -0.467 e. The number of carbonyl (C=O) groups excluding carboxylic acids is 2. The molecule has 0 aliphatic carbocycles. The van der Waals surface area contributed by atoms with Crippen LogP contribution in [0.2, 0.25) is 10.0 Å². The molecule has 130 valence electrons. The van der Waals surface area contributed by atoms with Crippen LogP contribution in [0.3, 0.4) is 0 Å². The molecule has 0 saturated carbocycles. The van der Waals surface area contributed by atoms with E-state index in [1.165, 1.54) is 7.11 Å². The van der Waals surface area contributed by atoms with Gasteiger partial charge in [0.1, 0.15) is 11.6 Å². The van der Waals surface area contributed by atoms with Crippen molar-refractivity contribution in [3.8, 4) is 11.8 Å². The smallest absolute Gasteiger partial charge is 0.408 e. The Bertz CT molecular complexity index is 651. The molecule has 7 heteroatoms. The molecule has 0 aliphatic heterocycles. The van der Waals surface area contributed by atoms with E-state index in [1.807, 2.05) is 0 Å². The van der Waals surface area contributed by atoms with E-state index in [2.05, 4.69) is 21.9 Å². The molecule has 1 aromatic rings. The zero-order valence-corrected chi connectivity index (χ0v) is 15.4. The van der Waals surface area contributed by atoms with Crippen molar-refractivity contribution in [2.45, 2.75) is 38.8 Å². The maximum absolute atomic E-state index is 11.8. The monoisotopic (exact) mass is 371 g/mol. The lowest BCUT2D eigenvalue weighted by Gasteiger charge is -2.21. The molecule has 0 unspecified atom stereocenters. The number of rotatable bonds is 3. The highest BCUT2D eigenvalue weighted by atomic mass is 35.5. The van der Waals surface area contributed by atoms with Gasteiger partial charge in [-0.15, -0.1) is 0 Å². The number of esters is 1. The van der Waals surface area contributed by atoms with Crippen LogP contribution in [0, 0.1) is 11.8 Å². The maximum atomic E-state index is 11.8. The van der Waals surface area contributed by atoms with Crippen molar-refractivity contribution in [2.24, 2.45) is 0 Å². The van der Waals surface area contributed by atoms with Gasteiger partial charge in [-0.1, -0.05) is 35.0 Å². The van der Waals surface area contributed by atoms with Crippen LogP contribution in [0.4, 0.5) is 4.79 Å². The van der Waals surface area contributed by atoms with Crippen molar-refractivity contribution in [1.29, 1.82) is 0 Å². The number of nitrogens with one attached hydrogen (secondary N) is 1. The standard InChI is InChI=1S/C17H19Cl2NO4/c1-17(2,3)24-16(22)20-14(15(21)23-4)7-5-6-11-8-12(18)10-13(19)9-11/h8-10,14H,7H2,1-4H3,(H,20,22)/t14-/m0/s1. The number of hydrogen-bond donors (Lipinski definition) is 1. The summed E-state index contributed by atoms with van der Waals surface area (Å²) in [5.41, 5.74) is -0.0677. The number of amides is 1. The molecule has 0 radical (unpaired) electrons. The average molecular weight is 372 g/mol. The van der Waals surface area contributed by atoms with Crippen LogP contribution in [-0.2, 0) is 14.3 Å². The van der Waals surface area contributed by atoms with Crippen LogP contribution in [0.1, 0.15) is 32.8 Å². The predicted octanol–water partition coefficient (Wildman–Crippen LogP) is 3.80. The predicted molar refractivity (Wildman–Crippen MR) is 93.1 cm³/mol. The lowest BCUT2D eigenvalue weighted by atomic mass is 10.2. The van der Waals surface area contributed by atoms with E-state index < -0.39 is 23.7 Å². The Labute approximate surface area is 151 Å². The van der Waals surface area contributed by atoms with Crippen LogP contribution in [-0.4, -0.2) is 30.8 Å². The minimum absolute atomic E-state index is 0.0516. The Hall–Kier alpha value is -1.90. The van der Waals surface area contributed by atoms with Crippen LogP contribution in [0.25, 0.3) is 0 Å². The van der Waals surface area contributed by atoms with Gasteiger partial charge < -0.3 is 14.8 Å². The molecule has 1 rings (SSSR count). The van der Waals surface area contributed by atoms with Gasteiger partial charge in [0.25, 0.3) is 0 Å². The average Bonchev–Trinajstić information content (AvgIpc) is 2.42. The Morgan fingerprint density at radius 3 is 2.29 bits per heavy atom. The van der Waals surface area contributed by atoms with Crippen molar-refractivity contribution in [3.05, 3.63) is 33.8 Å². The molecular weight excluding hydrogens is 353 g/mol. The molecule has 0 aliphatic rings. The fraction of sp³-hybridized carbons (Fsp3) is 0.412. The molecule has 1 aromatic carbocycles. The zero-order valence-electron chi connectivity index (χ0n) is 13.9. The molecule has 1 N–H and O–H groups in total. The second kappa shape index (κ2) is 8.81. The topological polar surface area (TPSA) is 64.6 Å². The summed E-state index contributed by atoms with van der Waals surface area (Å²) in [5, 5.41) is 3.37. The van der Waals surface area contributed by atoms with Gasteiger partial charge in [-0.25, -0.2) is 9.59 Å². The van der Waals surface area contributed by atoms with E-state index >= 15 is 0 Å². The van der Waals surface area contributed by atoms with E-state index in [4.69, 9.17) is 27.9 Å².